The molecule has 1 aliphatic heterocycles. The van der Waals surface area contributed by atoms with Crippen molar-refractivity contribution in [1.29, 1.82) is 0 Å². The van der Waals surface area contributed by atoms with Crippen LogP contribution in [-0.4, -0.2) is 59.5 Å². The molecular formula is C27H37N3O4. The number of nitrogens with zero attached hydrogens (tertiary/aromatic N) is 3. The maximum absolute atomic E-state index is 13.3. The van der Waals surface area contributed by atoms with Gasteiger partial charge in [0.1, 0.15) is 23.5 Å². The summed E-state index contributed by atoms with van der Waals surface area (Å²) in [4.78, 5) is 43.1. The van der Waals surface area contributed by atoms with Gasteiger partial charge >= 0.3 is 0 Å². The highest BCUT2D eigenvalue weighted by molar-refractivity contribution is 5.99. The van der Waals surface area contributed by atoms with E-state index in [0.29, 0.717) is 26.2 Å². The zero-order chi connectivity index (χ0) is 24.7. The first-order valence-corrected chi connectivity index (χ1v) is 12.3. The van der Waals surface area contributed by atoms with E-state index in [9.17, 15) is 14.4 Å². The van der Waals surface area contributed by atoms with Crippen LogP contribution in [0.25, 0.3) is 0 Å². The van der Waals surface area contributed by atoms with Gasteiger partial charge in [0.25, 0.3) is 11.8 Å². The van der Waals surface area contributed by atoms with Crippen LogP contribution in [-0.2, 0) is 0 Å². The average Bonchev–Trinajstić information content (AvgIpc) is 3.13. The number of carbonyl (C=O) groups is 2. The van der Waals surface area contributed by atoms with Gasteiger partial charge in [0, 0.05) is 38.6 Å². The minimum Gasteiger partial charge on any atom is -0.492 e. The molecule has 7 heteroatoms. The van der Waals surface area contributed by atoms with Gasteiger partial charge in [-0.1, -0.05) is 37.5 Å². The summed E-state index contributed by atoms with van der Waals surface area (Å²) in [6, 6.07) is 7.76. The predicted octanol–water partition coefficient (Wildman–Crippen LogP) is 4.29. The topological polar surface area (TPSA) is 71.8 Å². The van der Waals surface area contributed by atoms with Gasteiger partial charge in [0.15, 0.2) is 0 Å². The van der Waals surface area contributed by atoms with E-state index in [1.807, 2.05) is 49.6 Å². The van der Waals surface area contributed by atoms with Crippen LogP contribution in [0.15, 0.2) is 41.5 Å². The summed E-state index contributed by atoms with van der Waals surface area (Å²) in [5.74, 6) is 0.0552. The Bertz CT molecular complexity index is 1040. The van der Waals surface area contributed by atoms with Crippen molar-refractivity contribution in [2.24, 2.45) is 0 Å². The molecule has 7 nitrogen and oxygen atoms in total. The molecule has 0 spiro atoms. The Balaban J connectivity index is 1.81. The molecule has 1 aliphatic rings. The molecule has 2 aromatic rings. The van der Waals surface area contributed by atoms with Gasteiger partial charge in [0.05, 0.1) is 6.54 Å². The second-order valence-corrected chi connectivity index (χ2v) is 9.21. The predicted molar refractivity (Wildman–Crippen MR) is 134 cm³/mol. The quantitative estimate of drug-likeness (QED) is 0.581. The summed E-state index contributed by atoms with van der Waals surface area (Å²) < 4.78 is 7.57. The van der Waals surface area contributed by atoms with E-state index in [1.54, 1.807) is 24.3 Å². The standard InChI is InChI=1S/C27H37N3O4/c1-5-21(3)30-18-23(25(31)24(19-30)27(33)29-14-8-6-7-9-15-29)26(32)28(4)16-17-34-22-12-10-20(2)11-13-22/h10-13,18-19,21H,5-9,14-17H2,1-4H3/t21-/m0/s1. The summed E-state index contributed by atoms with van der Waals surface area (Å²) in [5.41, 5.74) is 0.758. The van der Waals surface area contributed by atoms with Gasteiger partial charge in [-0.05, 0) is 45.2 Å². The van der Waals surface area contributed by atoms with Gasteiger partial charge in [-0.3, -0.25) is 14.4 Å². The number of ether oxygens (including phenoxy) is 1. The molecule has 1 fully saturated rings. The fraction of sp³-hybridized carbons (Fsp3) is 0.519. The van der Waals surface area contributed by atoms with E-state index in [2.05, 4.69) is 0 Å². The molecule has 2 amide bonds. The fourth-order valence-corrected chi connectivity index (χ4v) is 4.05. The third-order valence-electron chi connectivity index (χ3n) is 6.56. The Labute approximate surface area is 202 Å². The molecule has 1 aromatic heterocycles. The highest BCUT2D eigenvalue weighted by Gasteiger charge is 2.26. The van der Waals surface area contributed by atoms with Gasteiger partial charge in [-0.25, -0.2) is 0 Å². The number of carbonyl (C=O) groups excluding carboxylic acids is 2. The Morgan fingerprint density at radius 2 is 1.65 bits per heavy atom. The number of aryl methyl sites for hydroxylation is 1. The summed E-state index contributed by atoms with van der Waals surface area (Å²) in [6.07, 6.45) is 8.09. The van der Waals surface area contributed by atoms with E-state index in [1.165, 1.54) is 4.90 Å². The number of hydrogen-bond donors (Lipinski definition) is 0. The largest absolute Gasteiger partial charge is 0.492 e. The normalized spacial score (nSPS) is 14.9. The number of amides is 2. The molecule has 3 rings (SSSR count). The maximum atomic E-state index is 13.3. The first-order valence-electron chi connectivity index (χ1n) is 12.3. The number of hydrogen-bond acceptors (Lipinski definition) is 4. The highest BCUT2D eigenvalue weighted by Crippen LogP contribution is 2.16. The molecule has 1 saturated heterocycles. The molecule has 0 bridgehead atoms. The second-order valence-electron chi connectivity index (χ2n) is 9.21. The Kier molecular flexibility index (Phi) is 8.91. The Hall–Kier alpha value is -3.09. The molecule has 0 unspecified atom stereocenters. The van der Waals surface area contributed by atoms with E-state index in [4.69, 9.17) is 4.74 Å². The van der Waals surface area contributed by atoms with Gasteiger partial charge in [0.2, 0.25) is 5.43 Å². The number of aromatic nitrogens is 1. The highest BCUT2D eigenvalue weighted by atomic mass is 16.5. The van der Waals surface area contributed by atoms with Gasteiger partial charge in [-0.2, -0.15) is 0 Å². The second kappa shape index (κ2) is 11.9. The van der Waals surface area contributed by atoms with E-state index >= 15 is 0 Å². The van der Waals surface area contributed by atoms with E-state index < -0.39 is 11.3 Å². The molecule has 0 saturated carbocycles. The molecule has 34 heavy (non-hydrogen) atoms. The first-order chi connectivity index (χ1) is 16.3. The number of pyridine rings is 1. The Morgan fingerprint density at radius 1 is 1.03 bits per heavy atom. The van der Waals surface area contributed by atoms with Crippen molar-refractivity contribution in [3.05, 3.63) is 63.6 Å². The lowest BCUT2D eigenvalue weighted by atomic mass is 10.1. The van der Waals surface area contributed by atoms with Crippen LogP contribution in [0, 0.1) is 6.92 Å². The van der Waals surface area contributed by atoms with Gasteiger partial charge < -0.3 is 19.1 Å². The molecule has 0 N–H and O–H groups in total. The molecule has 0 aliphatic carbocycles. The van der Waals surface area contributed by atoms with Crippen molar-refractivity contribution >= 4 is 11.8 Å². The number of rotatable bonds is 8. The third-order valence-corrected chi connectivity index (χ3v) is 6.56. The average molecular weight is 468 g/mol. The SMILES string of the molecule is CC[C@H](C)n1cc(C(=O)N(C)CCOc2ccc(C)cc2)c(=O)c(C(=O)N2CCCCCC2)c1. The Morgan fingerprint density at radius 3 is 2.26 bits per heavy atom. The van der Waals surface area contributed by atoms with Crippen molar-refractivity contribution in [3.63, 3.8) is 0 Å². The minimum atomic E-state index is -0.495. The zero-order valence-corrected chi connectivity index (χ0v) is 20.9. The van der Waals surface area contributed by atoms with Crippen molar-refractivity contribution in [2.45, 2.75) is 58.9 Å². The van der Waals surface area contributed by atoms with Crippen molar-refractivity contribution < 1.29 is 14.3 Å². The monoisotopic (exact) mass is 467 g/mol. The summed E-state index contributed by atoms with van der Waals surface area (Å²) >= 11 is 0. The lowest BCUT2D eigenvalue weighted by Crippen LogP contribution is -2.39. The fourth-order valence-electron chi connectivity index (χ4n) is 4.05. The lowest BCUT2D eigenvalue weighted by molar-refractivity contribution is 0.0758. The molecule has 0 radical (unpaired) electrons. The van der Waals surface area contributed by atoms with Crippen molar-refractivity contribution in [3.8, 4) is 5.75 Å². The van der Waals surface area contributed by atoms with Gasteiger partial charge in [-0.15, -0.1) is 0 Å². The third kappa shape index (κ3) is 6.27. The zero-order valence-electron chi connectivity index (χ0n) is 20.9. The summed E-state index contributed by atoms with van der Waals surface area (Å²) in [7, 11) is 1.65. The van der Waals surface area contributed by atoms with Crippen molar-refractivity contribution in [1.82, 2.24) is 14.4 Å². The van der Waals surface area contributed by atoms with Crippen molar-refractivity contribution in [2.75, 3.05) is 33.3 Å². The summed E-state index contributed by atoms with van der Waals surface area (Å²) in [6.45, 7) is 7.98. The van der Waals surface area contributed by atoms with E-state index in [0.717, 1.165) is 43.4 Å². The number of likely N-dealkylation sites (N-methyl/N-ethyl adjacent to an activating group) is 1. The van der Waals surface area contributed by atoms with Crippen LogP contribution in [0.4, 0.5) is 0 Å². The smallest absolute Gasteiger partial charge is 0.259 e. The number of likely N-dealkylation sites (tertiary alicyclic amines) is 1. The van der Waals surface area contributed by atoms with E-state index in [-0.39, 0.29) is 23.1 Å². The van der Waals surface area contributed by atoms with Crippen LogP contribution < -0.4 is 10.2 Å². The molecule has 2 heterocycles. The molecular weight excluding hydrogens is 430 g/mol. The van der Waals surface area contributed by atoms with Crippen LogP contribution in [0.5, 0.6) is 5.75 Å². The first kappa shape index (κ1) is 25.5. The van der Waals surface area contributed by atoms with Crippen LogP contribution in [0.1, 0.15) is 78.3 Å². The maximum Gasteiger partial charge on any atom is 0.259 e. The molecule has 1 atom stereocenters. The number of benzene rings is 1. The van der Waals surface area contributed by atoms with Crippen LogP contribution in [0.3, 0.4) is 0 Å². The van der Waals surface area contributed by atoms with Crippen LogP contribution in [0.2, 0.25) is 0 Å². The molecule has 1 aromatic carbocycles. The van der Waals surface area contributed by atoms with Crippen LogP contribution >= 0.6 is 0 Å². The summed E-state index contributed by atoms with van der Waals surface area (Å²) in [5, 5.41) is 0. The minimum absolute atomic E-state index is 0.0267. The lowest BCUT2D eigenvalue weighted by Gasteiger charge is -2.23. The molecule has 184 valence electrons.